The first-order valence-electron chi connectivity index (χ1n) is 7.95. The van der Waals surface area contributed by atoms with Crippen LogP contribution in [0.2, 0.25) is 0 Å². The van der Waals surface area contributed by atoms with E-state index in [9.17, 15) is 4.39 Å². The summed E-state index contributed by atoms with van der Waals surface area (Å²) in [6.07, 6.45) is 1.79. The first kappa shape index (κ1) is 16.2. The van der Waals surface area contributed by atoms with E-state index < -0.39 is 0 Å². The third-order valence-electron chi connectivity index (χ3n) is 4.37. The molecule has 0 radical (unpaired) electrons. The van der Waals surface area contributed by atoms with E-state index in [1.165, 1.54) is 22.6 Å². The fourth-order valence-corrected chi connectivity index (χ4v) is 4.59. The molecule has 1 aliphatic heterocycles. The number of hydrogen-bond acceptors (Lipinski definition) is 3. The average Bonchev–Trinajstić information content (AvgIpc) is 3.19. The monoisotopic (exact) mass is 369 g/mol. The van der Waals surface area contributed by atoms with Crippen molar-refractivity contribution >= 4 is 34.4 Å². The van der Waals surface area contributed by atoms with Crippen LogP contribution in [0.3, 0.4) is 0 Å². The van der Waals surface area contributed by atoms with Gasteiger partial charge < -0.3 is 10.2 Å². The van der Waals surface area contributed by atoms with Crippen LogP contribution in [0.4, 0.5) is 10.1 Å². The number of thiocarbonyl (C=S) groups is 1. The Balaban J connectivity index is 1.83. The normalized spacial score (nSPS) is 19.9. The number of pyridine rings is 1. The van der Waals surface area contributed by atoms with Crippen LogP contribution in [0.5, 0.6) is 0 Å². The first-order valence-corrected chi connectivity index (χ1v) is 9.24. The molecule has 1 aliphatic rings. The molecule has 3 nitrogen and oxygen atoms in total. The summed E-state index contributed by atoms with van der Waals surface area (Å²) in [6, 6.07) is 14.4. The Labute approximate surface area is 155 Å². The fourth-order valence-electron chi connectivity index (χ4n) is 3.19. The Morgan fingerprint density at radius 3 is 2.60 bits per heavy atom. The predicted octanol–water partition coefficient (Wildman–Crippen LogP) is 4.77. The number of nitrogens with one attached hydrogen (secondary N) is 1. The summed E-state index contributed by atoms with van der Waals surface area (Å²) in [5.41, 5.74) is 3.02. The van der Waals surface area contributed by atoms with Crippen molar-refractivity contribution in [3.05, 3.63) is 82.1 Å². The highest BCUT2D eigenvalue weighted by molar-refractivity contribution is 7.80. The van der Waals surface area contributed by atoms with E-state index in [1.807, 2.05) is 18.2 Å². The summed E-state index contributed by atoms with van der Waals surface area (Å²) >= 11 is 7.33. The third-order valence-corrected chi connectivity index (χ3v) is 5.78. The Morgan fingerprint density at radius 1 is 1.16 bits per heavy atom. The highest BCUT2D eigenvalue weighted by atomic mass is 32.1. The molecular weight excluding hydrogens is 353 g/mol. The van der Waals surface area contributed by atoms with Crippen LogP contribution in [0.25, 0.3) is 0 Å². The van der Waals surface area contributed by atoms with E-state index >= 15 is 0 Å². The van der Waals surface area contributed by atoms with Gasteiger partial charge in [0.15, 0.2) is 5.11 Å². The van der Waals surface area contributed by atoms with E-state index in [0.717, 1.165) is 11.4 Å². The molecule has 1 fully saturated rings. The van der Waals surface area contributed by atoms with E-state index in [4.69, 9.17) is 12.2 Å². The number of thiophene rings is 1. The summed E-state index contributed by atoms with van der Waals surface area (Å²) in [5, 5.41) is 6.12. The van der Waals surface area contributed by atoms with E-state index in [-0.39, 0.29) is 17.9 Å². The highest BCUT2D eigenvalue weighted by Gasteiger charge is 2.41. The number of aryl methyl sites for hydroxylation is 1. The van der Waals surface area contributed by atoms with Gasteiger partial charge in [-0.2, -0.15) is 0 Å². The maximum Gasteiger partial charge on any atom is 0.174 e. The molecule has 1 saturated heterocycles. The summed E-state index contributed by atoms with van der Waals surface area (Å²) in [5.74, 6) is -0.257. The van der Waals surface area contributed by atoms with Gasteiger partial charge in [-0.25, -0.2) is 4.39 Å². The summed E-state index contributed by atoms with van der Waals surface area (Å²) in [7, 11) is 0. The van der Waals surface area contributed by atoms with Crippen LogP contribution < -0.4 is 10.2 Å². The van der Waals surface area contributed by atoms with Crippen LogP contribution in [0, 0.1) is 12.7 Å². The van der Waals surface area contributed by atoms with E-state index in [2.05, 4.69) is 33.6 Å². The minimum Gasteiger partial charge on any atom is -0.351 e. The first-order chi connectivity index (χ1) is 12.1. The number of hydrogen-bond donors (Lipinski definition) is 1. The Kier molecular flexibility index (Phi) is 4.23. The molecular formula is C19H16FN3S2. The molecule has 0 bridgehead atoms. The van der Waals surface area contributed by atoms with Crippen molar-refractivity contribution in [1.29, 1.82) is 0 Å². The number of benzene rings is 1. The molecule has 0 unspecified atom stereocenters. The Hall–Kier alpha value is -2.31. The highest BCUT2D eigenvalue weighted by Crippen LogP contribution is 2.44. The molecule has 0 aliphatic carbocycles. The van der Waals surface area contributed by atoms with Crippen molar-refractivity contribution in [2.45, 2.75) is 19.0 Å². The second-order valence-electron chi connectivity index (χ2n) is 5.94. The van der Waals surface area contributed by atoms with Gasteiger partial charge in [-0.15, -0.1) is 11.3 Å². The SMILES string of the molecule is Cc1ccsc1[C@@H]1[C@H](c2ccccn2)NC(=S)N1c1ccc(F)cc1. The lowest BCUT2D eigenvalue weighted by molar-refractivity contribution is 0.573. The maximum atomic E-state index is 13.4. The van der Waals surface area contributed by atoms with Gasteiger partial charge in [-0.05, 0) is 72.5 Å². The van der Waals surface area contributed by atoms with Crippen LogP contribution in [0.15, 0.2) is 60.1 Å². The molecule has 3 heterocycles. The fraction of sp³-hybridized carbons (Fsp3) is 0.158. The van der Waals surface area contributed by atoms with Crippen molar-refractivity contribution in [3.63, 3.8) is 0 Å². The second kappa shape index (κ2) is 6.54. The zero-order valence-electron chi connectivity index (χ0n) is 13.5. The summed E-state index contributed by atoms with van der Waals surface area (Å²) < 4.78 is 13.4. The van der Waals surface area contributed by atoms with Gasteiger partial charge in [0.05, 0.1) is 17.8 Å². The van der Waals surface area contributed by atoms with Gasteiger partial charge in [0.25, 0.3) is 0 Å². The number of anilines is 1. The van der Waals surface area contributed by atoms with Crippen molar-refractivity contribution in [3.8, 4) is 0 Å². The molecule has 126 valence electrons. The molecule has 25 heavy (non-hydrogen) atoms. The molecule has 6 heteroatoms. The van der Waals surface area contributed by atoms with Gasteiger partial charge in [0.1, 0.15) is 5.82 Å². The van der Waals surface area contributed by atoms with Gasteiger partial charge in [-0.1, -0.05) is 6.07 Å². The van der Waals surface area contributed by atoms with Crippen LogP contribution in [0.1, 0.15) is 28.2 Å². The summed E-state index contributed by atoms with van der Waals surface area (Å²) in [4.78, 5) is 7.81. The van der Waals surface area contributed by atoms with E-state index in [0.29, 0.717) is 5.11 Å². The Morgan fingerprint density at radius 2 is 1.96 bits per heavy atom. The lowest BCUT2D eigenvalue weighted by atomic mass is 10.0. The lowest BCUT2D eigenvalue weighted by Gasteiger charge is -2.27. The third kappa shape index (κ3) is 2.92. The largest absolute Gasteiger partial charge is 0.351 e. The van der Waals surface area contributed by atoms with Gasteiger partial charge >= 0.3 is 0 Å². The number of rotatable bonds is 3. The number of halogens is 1. The minimum atomic E-state index is -0.257. The standard InChI is InChI=1S/C19H16FN3S2/c1-12-9-11-25-18(12)17-16(15-4-2-3-10-21-15)22-19(24)23(17)14-7-5-13(20)6-8-14/h2-11,16-17H,1H3,(H,22,24)/t16-,17-/m0/s1. The molecule has 1 N–H and O–H groups in total. The maximum absolute atomic E-state index is 13.4. The molecule has 3 aromatic rings. The molecule has 0 spiro atoms. The van der Waals surface area contributed by atoms with Crippen molar-refractivity contribution in [2.24, 2.45) is 0 Å². The molecule has 1 aromatic carbocycles. The van der Waals surface area contributed by atoms with Crippen molar-refractivity contribution in [2.75, 3.05) is 4.90 Å². The average molecular weight is 369 g/mol. The Bertz CT molecular complexity index is 893. The van der Waals surface area contributed by atoms with Crippen LogP contribution in [-0.2, 0) is 0 Å². The number of nitrogens with zero attached hydrogens (tertiary/aromatic N) is 2. The molecule has 2 atom stereocenters. The number of aromatic nitrogens is 1. The summed E-state index contributed by atoms with van der Waals surface area (Å²) in [6.45, 7) is 2.10. The zero-order valence-corrected chi connectivity index (χ0v) is 15.2. The minimum absolute atomic E-state index is 0.0205. The lowest BCUT2D eigenvalue weighted by Crippen LogP contribution is -2.29. The smallest absolute Gasteiger partial charge is 0.174 e. The predicted molar refractivity (Wildman–Crippen MR) is 103 cm³/mol. The van der Waals surface area contributed by atoms with Crippen molar-refractivity contribution < 1.29 is 4.39 Å². The van der Waals surface area contributed by atoms with Gasteiger partial charge in [0, 0.05) is 16.8 Å². The molecule has 4 rings (SSSR count). The van der Waals surface area contributed by atoms with E-state index in [1.54, 1.807) is 29.7 Å². The molecule has 0 saturated carbocycles. The quantitative estimate of drug-likeness (QED) is 0.673. The molecule has 2 aromatic heterocycles. The van der Waals surface area contributed by atoms with Gasteiger partial charge in [-0.3, -0.25) is 4.98 Å². The van der Waals surface area contributed by atoms with Crippen molar-refractivity contribution in [1.82, 2.24) is 10.3 Å². The zero-order chi connectivity index (χ0) is 17.4. The molecule has 0 amide bonds. The van der Waals surface area contributed by atoms with Crippen LogP contribution in [-0.4, -0.2) is 10.1 Å². The van der Waals surface area contributed by atoms with Gasteiger partial charge in [0.2, 0.25) is 0 Å². The second-order valence-corrected chi connectivity index (χ2v) is 7.28. The van der Waals surface area contributed by atoms with Crippen LogP contribution >= 0.6 is 23.6 Å². The topological polar surface area (TPSA) is 28.2 Å².